The Kier molecular flexibility index (Phi) is 3.78. The molecule has 3 nitrogen and oxygen atoms in total. The molecule has 2 N–H and O–H groups in total. The van der Waals surface area contributed by atoms with E-state index in [0.717, 1.165) is 26.6 Å². The van der Waals surface area contributed by atoms with Crippen molar-refractivity contribution in [1.82, 2.24) is 9.97 Å². The van der Waals surface area contributed by atoms with E-state index in [4.69, 9.17) is 0 Å². The lowest BCUT2D eigenvalue weighted by molar-refractivity contribution is 0.258. The molecule has 0 radical (unpaired) electrons. The highest BCUT2D eigenvalue weighted by molar-refractivity contribution is 9.11. The number of H-pyrrole nitrogens is 1. The molecule has 16 heavy (non-hydrogen) atoms. The van der Waals surface area contributed by atoms with Gasteiger partial charge in [-0.05, 0) is 34.5 Å². The van der Waals surface area contributed by atoms with Crippen molar-refractivity contribution < 1.29 is 5.11 Å². The van der Waals surface area contributed by atoms with Crippen LogP contribution in [0.2, 0.25) is 0 Å². The first-order chi connectivity index (χ1) is 7.74. The molecule has 5 heteroatoms. The lowest BCUT2D eigenvalue weighted by Gasteiger charge is -2.06. The molecule has 86 valence electrons. The van der Waals surface area contributed by atoms with Gasteiger partial charge in [0, 0.05) is 5.92 Å². The fourth-order valence-electron chi connectivity index (χ4n) is 1.54. The van der Waals surface area contributed by atoms with E-state index in [1.54, 1.807) is 11.3 Å². The van der Waals surface area contributed by atoms with E-state index in [9.17, 15) is 5.11 Å². The van der Waals surface area contributed by atoms with Crippen molar-refractivity contribution in [2.45, 2.75) is 19.3 Å². The van der Waals surface area contributed by atoms with Crippen LogP contribution in [-0.2, 0) is 0 Å². The summed E-state index contributed by atoms with van der Waals surface area (Å²) in [6, 6.07) is 4.07. The van der Waals surface area contributed by atoms with Crippen LogP contribution in [-0.4, -0.2) is 21.7 Å². The van der Waals surface area contributed by atoms with Crippen molar-refractivity contribution in [2.24, 2.45) is 0 Å². The van der Waals surface area contributed by atoms with Crippen molar-refractivity contribution in [2.75, 3.05) is 6.61 Å². The van der Waals surface area contributed by atoms with Gasteiger partial charge in [0.25, 0.3) is 0 Å². The number of aromatic nitrogens is 2. The second kappa shape index (κ2) is 5.12. The number of thiophene rings is 1. The standard InChI is InChI=1S/C11H13BrN2OS/c1-2-7(6-15)11-13-5-8(14-11)9-3-4-10(12)16-9/h3-5,7,15H,2,6H2,1H3,(H,13,14). The lowest BCUT2D eigenvalue weighted by Crippen LogP contribution is -2.04. The van der Waals surface area contributed by atoms with Gasteiger partial charge in [-0.1, -0.05) is 6.92 Å². The highest BCUT2D eigenvalue weighted by Gasteiger charge is 2.13. The first-order valence-corrected chi connectivity index (χ1v) is 6.77. The minimum Gasteiger partial charge on any atom is -0.396 e. The zero-order valence-electron chi connectivity index (χ0n) is 8.90. The van der Waals surface area contributed by atoms with Crippen LogP contribution in [0, 0.1) is 0 Å². The molecular weight excluding hydrogens is 288 g/mol. The van der Waals surface area contributed by atoms with Gasteiger partial charge in [0.1, 0.15) is 5.82 Å². The van der Waals surface area contributed by atoms with E-state index < -0.39 is 0 Å². The molecule has 0 saturated carbocycles. The quantitative estimate of drug-likeness (QED) is 0.909. The third kappa shape index (κ3) is 2.36. The van der Waals surface area contributed by atoms with Gasteiger partial charge >= 0.3 is 0 Å². The molecule has 0 aliphatic heterocycles. The molecule has 2 aromatic heterocycles. The smallest absolute Gasteiger partial charge is 0.111 e. The molecule has 0 amide bonds. The Morgan fingerprint density at radius 1 is 1.56 bits per heavy atom. The highest BCUT2D eigenvalue weighted by Crippen LogP contribution is 2.30. The van der Waals surface area contributed by atoms with E-state index in [2.05, 4.69) is 25.9 Å². The molecule has 0 bridgehead atoms. The van der Waals surface area contributed by atoms with Gasteiger partial charge in [-0.15, -0.1) is 11.3 Å². The number of nitrogens with zero attached hydrogens (tertiary/aromatic N) is 1. The van der Waals surface area contributed by atoms with Crippen molar-refractivity contribution >= 4 is 27.3 Å². The van der Waals surface area contributed by atoms with E-state index in [1.807, 2.05) is 25.3 Å². The number of rotatable bonds is 4. The summed E-state index contributed by atoms with van der Waals surface area (Å²) >= 11 is 5.10. The monoisotopic (exact) mass is 300 g/mol. The van der Waals surface area contributed by atoms with Crippen LogP contribution in [0.3, 0.4) is 0 Å². The number of nitrogens with one attached hydrogen (secondary N) is 1. The normalized spacial score (nSPS) is 12.9. The second-order valence-corrected chi connectivity index (χ2v) is 6.04. The van der Waals surface area contributed by atoms with Gasteiger partial charge in [-0.25, -0.2) is 4.98 Å². The largest absolute Gasteiger partial charge is 0.396 e. The van der Waals surface area contributed by atoms with Crippen molar-refractivity contribution in [3.8, 4) is 10.6 Å². The van der Waals surface area contributed by atoms with Gasteiger partial charge in [0.15, 0.2) is 0 Å². The number of imidazole rings is 1. The van der Waals surface area contributed by atoms with E-state index in [1.165, 1.54) is 0 Å². The minimum atomic E-state index is 0.108. The zero-order chi connectivity index (χ0) is 11.5. The molecule has 0 aromatic carbocycles. The molecule has 2 rings (SSSR count). The molecule has 0 saturated heterocycles. The lowest BCUT2D eigenvalue weighted by atomic mass is 10.1. The van der Waals surface area contributed by atoms with Gasteiger partial charge in [-0.2, -0.15) is 0 Å². The Morgan fingerprint density at radius 2 is 2.38 bits per heavy atom. The molecule has 0 fully saturated rings. The summed E-state index contributed by atoms with van der Waals surface area (Å²) in [4.78, 5) is 8.73. The van der Waals surface area contributed by atoms with Crippen LogP contribution < -0.4 is 0 Å². The van der Waals surface area contributed by atoms with Crippen molar-refractivity contribution in [3.63, 3.8) is 0 Å². The van der Waals surface area contributed by atoms with Crippen molar-refractivity contribution in [1.29, 1.82) is 0 Å². The first-order valence-electron chi connectivity index (χ1n) is 5.16. The highest BCUT2D eigenvalue weighted by atomic mass is 79.9. The minimum absolute atomic E-state index is 0.108. The zero-order valence-corrected chi connectivity index (χ0v) is 11.3. The second-order valence-electron chi connectivity index (χ2n) is 3.57. The summed E-state index contributed by atoms with van der Waals surface area (Å²) in [7, 11) is 0. The first kappa shape index (κ1) is 11.8. The van der Waals surface area contributed by atoms with Crippen LogP contribution in [0.25, 0.3) is 10.6 Å². The third-order valence-electron chi connectivity index (χ3n) is 2.53. The Morgan fingerprint density at radius 3 is 2.94 bits per heavy atom. The summed E-state index contributed by atoms with van der Waals surface area (Å²) in [5, 5.41) is 9.20. The topological polar surface area (TPSA) is 48.9 Å². The van der Waals surface area contributed by atoms with Crippen LogP contribution in [0.5, 0.6) is 0 Å². The fourth-order valence-corrected chi connectivity index (χ4v) is 2.89. The van der Waals surface area contributed by atoms with Gasteiger partial charge in [-0.3, -0.25) is 0 Å². The summed E-state index contributed by atoms with van der Waals surface area (Å²) < 4.78 is 1.10. The molecular formula is C11H13BrN2OS. The SMILES string of the molecule is CCC(CO)c1ncc(-c2ccc(Br)s2)[nH]1. The van der Waals surface area contributed by atoms with Crippen LogP contribution >= 0.6 is 27.3 Å². The van der Waals surface area contributed by atoms with E-state index in [0.29, 0.717) is 0 Å². The average Bonchev–Trinajstić information content (AvgIpc) is 2.89. The summed E-state index contributed by atoms with van der Waals surface area (Å²) in [6.07, 6.45) is 2.71. The summed E-state index contributed by atoms with van der Waals surface area (Å²) in [5.41, 5.74) is 1.01. The maximum atomic E-state index is 9.20. The number of hydrogen-bond donors (Lipinski definition) is 2. The molecule has 1 atom stereocenters. The van der Waals surface area contributed by atoms with Crippen LogP contribution in [0.1, 0.15) is 25.1 Å². The number of halogens is 1. The molecule has 2 heterocycles. The van der Waals surface area contributed by atoms with Gasteiger partial charge in [0.05, 0.1) is 27.2 Å². The Balaban J connectivity index is 2.25. The summed E-state index contributed by atoms with van der Waals surface area (Å²) in [6.45, 7) is 2.18. The van der Waals surface area contributed by atoms with Crippen LogP contribution in [0.4, 0.5) is 0 Å². The number of aliphatic hydroxyl groups excluding tert-OH is 1. The molecule has 2 aromatic rings. The summed E-state index contributed by atoms with van der Waals surface area (Å²) in [5.74, 6) is 0.974. The number of aromatic amines is 1. The Bertz CT molecular complexity index is 462. The maximum Gasteiger partial charge on any atom is 0.111 e. The van der Waals surface area contributed by atoms with Gasteiger partial charge < -0.3 is 10.1 Å². The van der Waals surface area contributed by atoms with E-state index >= 15 is 0 Å². The molecule has 0 spiro atoms. The number of hydrogen-bond acceptors (Lipinski definition) is 3. The predicted molar refractivity (Wildman–Crippen MR) is 69.7 cm³/mol. The fraction of sp³-hybridized carbons (Fsp3) is 0.364. The molecule has 0 aliphatic rings. The Labute approximate surface area is 107 Å². The van der Waals surface area contributed by atoms with Crippen molar-refractivity contribution in [3.05, 3.63) is 27.9 Å². The molecule has 0 aliphatic carbocycles. The number of aliphatic hydroxyl groups is 1. The van der Waals surface area contributed by atoms with Crippen LogP contribution in [0.15, 0.2) is 22.1 Å². The van der Waals surface area contributed by atoms with Gasteiger partial charge in [0.2, 0.25) is 0 Å². The van der Waals surface area contributed by atoms with E-state index in [-0.39, 0.29) is 12.5 Å². The Hall–Kier alpha value is -0.650. The third-order valence-corrected chi connectivity index (χ3v) is 4.19. The molecule has 1 unspecified atom stereocenters. The maximum absolute atomic E-state index is 9.20. The predicted octanol–water partition coefficient (Wildman–Crippen LogP) is 3.39. The average molecular weight is 301 g/mol.